The Bertz CT molecular complexity index is 597. The van der Waals surface area contributed by atoms with Crippen LogP contribution in [0.2, 0.25) is 0 Å². The molecule has 1 aliphatic heterocycles. The molecule has 1 amide bonds. The van der Waals surface area contributed by atoms with Crippen LogP contribution in [-0.2, 0) is 11.3 Å². The minimum Gasteiger partial charge on any atom is -0.352 e. The number of benzene rings is 1. The Morgan fingerprint density at radius 2 is 2.16 bits per heavy atom. The molecule has 0 spiro atoms. The van der Waals surface area contributed by atoms with Gasteiger partial charge in [-0.05, 0) is 18.6 Å². The maximum Gasteiger partial charge on any atom is 0.220 e. The molecule has 1 aromatic carbocycles. The summed E-state index contributed by atoms with van der Waals surface area (Å²) in [7, 11) is 0. The summed E-state index contributed by atoms with van der Waals surface area (Å²) >= 11 is 0. The Labute approximate surface area is 112 Å². The van der Waals surface area contributed by atoms with Crippen molar-refractivity contribution in [2.24, 2.45) is 0 Å². The second-order valence-electron chi connectivity index (χ2n) is 4.93. The van der Waals surface area contributed by atoms with Crippen molar-refractivity contribution in [3.8, 4) is 0 Å². The highest BCUT2D eigenvalue weighted by Crippen LogP contribution is 2.11. The van der Waals surface area contributed by atoms with E-state index in [1.807, 2.05) is 24.3 Å². The molecular weight excluding hydrogens is 238 g/mol. The fraction of sp³-hybridized carbons (Fsp3) is 0.333. The predicted molar refractivity (Wildman–Crippen MR) is 74.6 cm³/mol. The molecule has 1 aromatic heterocycles. The minimum atomic E-state index is 0.163. The second kappa shape index (κ2) is 5.36. The van der Waals surface area contributed by atoms with E-state index in [1.54, 1.807) is 0 Å². The lowest BCUT2D eigenvalue weighted by Gasteiger charge is -2.11. The molecule has 4 heteroatoms. The predicted octanol–water partition coefficient (Wildman–Crippen LogP) is 1.60. The monoisotopic (exact) mass is 255 g/mol. The van der Waals surface area contributed by atoms with Gasteiger partial charge in [-0.15, -0.1) is 0 Å². The van der Waals surface area contributed by atoms with Gasteiger partial charge in [0.25, 0.3) is 0 Å². The molecular formula is C15H17N3O. The molecule has 2 aromatic rings. The lowest BCUT2D eigenvalue weighted by atomic mass is 10.2. The van der Waals surface area contributed by atoms with Crippen molar-refractivity contribution >= 4 is 16.8 Å². The summed E-state index contributed by atoms with van der Waals surface area (Å²) in [6.45, 7) is 1.54. The number of carbonyl (C=O) groups is 1. The maximum atomic E-state index is 11.1. The molecule has 0 bridgehead atoms. The van der Waals surface area contributed by atoms with Crippen LogP contribution in [0.1, 0.15) is 18.5 Å². The number of para-hydroxylation sites is 1. The highest BCUT2D eigenvalue weighted by Gasteiger charge is 2.19. The topological polar surface area (TPSA) is 54.0 Å². The maximum absolute atomic E-state index is 11.1. The number of amides is 1. The zero-order valence-corrected chi connectivity index (χ0v) is 10.7. The quantitative estimate of drug-likeness (QED) is 0.872. The van der Waals surface area contributed by atoms with Crippen molar-refractivity contribution in [1.29, 1.82) is 0 Å². The number of aromatic nitrogens is 1. The fourth-order valence-electron chi connectivity index (χ4n) is 2.41. The molecule has 2 N–H and O–H groups in total. The van der Waals surface area contributed by atoms with Crippen molar-refractivity contribution in [1.82, 2.24) is 15.6 Å². The Morgan fingerprint density at radius 1 is 1.26 bits per heavy atom. The summed E-state index contributed by atoms with van der Waals surface area (Å²) in [6.07, 6.45) is 1.58. The summed E-state index contributed by atoms with van der Waals surface area (Å²) in [6, 6.07) is 12.5. The van der Waals surface area contributed by atoms with Gasteiger partial charge >= 0.3 is 0 Å². The molecule has 4 nitrogen and oxygen atoms in total. The average Bonchev–Trinajstić information content (AvgIpc) is 2.84. The Balaban J connectivity index is 1.58. The van der Waals surface area contributed by atoms with Gasteiger partial charge in [-0.2, -0.15) is 0 Å². The molecule has 1 fully saturated rings. The van der Waals surface area contributed by atoms with Crippen LogP contribution in [0, 0.1) is 0 Å². The van der Waals surface area contributed by atoms with Gasteiger partial charge in [0.2, 0.25) is 5.91 Å². The van der Waals surface area contributed by atoms with E-state index in [4.69, 9.17) is 0 Å². The fourth-order valence-corrected chi connectivity index (χ4v) is 2.41. The van der Waals surface area contributed by atoms with E-state index in [9.17, 15) is 4.79 Å². The number of nitrogens with one attached hydrogen (secondary N) is 2. The number of carbonyl (C=O) groups excluding carboxylic acids is 1. The molecule has 0 radical (unpaired) electrons. The van der Waals surface area contributed by atoms with Crippen LogP contribution >= 0.6 is 0 Å². The number of rotatable bonds is 4. The molecule has 1 atom stereocenters. The standard InChI is InChI=1S/C15H17N3O/c19-15-8-7-13(18-15)10-16-9-12-6-5-11-3-1-2-4-14(11)17-12/h1-6,13,16H,7-10H2,(H,18,19). The Kier molecular flexibility index (Phi) is 3.42. The third-order valence-corrected chi connectivity index (χ3v) is 3.44. The first-order valence-corrected chi connectivity index (χ1v) is 6.66. The number of nitrogens with zero attached hydrogens (tertiary/aromatic N) is 1. The lowest BCUT2D eigenvalue weighted by molar-refractivity contribution is -0.119. The van der Waals surface area contributed by atoms with Gasteiger partial charge in [0.05, 0.1) is 11.2 Å². The highest BCUT2D eigenvalue weighted by molar-refractivity contribution is 5.78. The van der Waals surface area contributed by atoms with Gasteiger partial charge in [-0.3, -0.25) is 9.78 Å². The van der Waals surface area contributed by atoms with Crippen LogP contribution in [0.4, 0.5) is 0 Å². The Morgan fingerprint density at radius 3 is 3.00 bits per heavy atom. The van der Waals surface area contributed by atoms with E-state index < -0.39 is 0 Å². The summed E-state index contributed by atoms with van der Waals surface area (Å²) in [4.78, 5) is 15.7. The number of pyridine rings is 1. The Hall–Kier alpha value is -1.94. The van der Waals surface area contributed by atoms with Crippen LogP contribution < -0.4 is 10.6 Å². The highest BCUT2D eigenvalue weighted by atomic mass is 16.1. The van der Waals surface area contributed by atoms with Crippen molar-refractivity contribution in [2.75, 3.05) is 6.54 Å². The van der Waals surface area contributed by atoms with Crippen LogP contribution in [0.15, 0.2) is 36.4 Å². The van der Waals surface area contributed by atoms with E-state index in [2.05, 4.69) is 27.8 Å². The zero-order chi connectivity index (χ0) is 13.1. The number of hydrogen-bond donors (Lipinski definition) is 2. The van der Waals surface area contributed by atoms with Gasteiger partial charge in [-0.25, -0.2) is 0 Å². The molecule has 0 aliphatic carbocycles. The minimum absolute atomic E-state index is 0.163. The SMILES string of the molecule is O=C1CCC(CNCc2ccc3ccccc3n2)N1. The van der Waals surface area contributed by atoms with Gasteiger partial charge < -0.3 is 10.6 Å². The van der Waals surface area contributed by atoms with E-state index >= 15 is 0 Å². The largest absolute Gasteiger partial charge is 0.352 e. The van der Waals surface area contributed by atoms with Crippen molar-refractivity contribution in [3.05, 3.63) is 42.1 Å². The van der Waals surface area contributed by atoms with E-state index in [-0.39, 0.29) is 11.9 Å². The van der Waals surface area contributed by atoms with Gasteiger partial charge in [0, 0.05) is 30.9 Å². The molecule has 1 unspecified atom stereocenters. The first-order valence-electron chi connectivity index (χ1n) is 6.66. The van der Waals surface area contributed by atoms with Crippen molar-refractivity contribution in [2.45, 2.75) is 25.4 Å². The summed E-state index contributed by atoms with van der Waals surface area (Å²) in [5.41, 5.74) is 2.05. The third-order valence-electron chi connectivity index (χ3n) is 3.44. The van der Waals surface area contributed by atoms with Crippen molar-refractivity contribution < 1.29 is 4.79 Å². The van der Waals surface area contributed by atoms with Crippen LogP contribution in [-0.4, -0.2) is 23.5 Å². The van der Waals surface area contributed by atoms with E-state index in [0.717, 1.165) is 36.1 Å². The first kappa shape index (κ1) is 12.1. The zero-order valence-electron chi connectivity index (χ0n) is 10.7. The molecule has 2 heterocycles. The molecule has 3 rings (SSSR count). The van der Waals surface area contributed by atoms with Gasteiger partial charge in [0.15, 0.2) is 0 Å². The van der Waals surface area contributed by atoms with Gasteiger partial charge in [0.1, 0.15) is 0 Å². The third kappa shape index (κ3) is 2.90. The van der Waals surface area contributed by atoms with Crippen LogP contribution in [0.25, 0.3) is 10.9 Å². The summed E-state index contributed by atoms with van der Waals surface area (Å²) < 4.78 is 0. The lowest BCUT2D eigenvalue weighted by Crippen LogP contribution is -2.35. The van der Waals surface area contributed by atoms with Crippen molar-refractivity contribution in [3.63, 3.8) is 0 Å². The van der Waals surface area contributed by atoms with E-state index in [1.165, 1.54) is 0 Å². The molecule has 0 saturated carbocycles. The first-order chi connectivity index (χ1) is 9.31. The van der Waals surface area contributed by atoms with Gasteiger partial charge in [-0.1, -0.05) is 24.3 Å². The number of fused-ring (bicyclic) bond motifs is 1. The molecule has 1 aliphatic rings. The van der Waals surface area contributed by atoms with Crippen LogP contribution in [0.3, 0.4) is 0 Å². The molecule has 1 saturated heterocycles. The molecule has 98 valence electrons. The summed E-state index contributed by atoms with van der Waals surface area (Å²) in [5, 5.41) is 7.46. The normalized spacial score (nSPS) is 18.7. The second-order valence-corrected chi connectivity index (χ2v) is 4.93. The van der Waals surface area contributed by atoms with E-state index in [0.29, 0.717) is 6.42 Å². The average molecular weight is 255 g/mol. The number of hydrogen-bond acceptors (Lipinski definition) is 3. The summed E-state index contributed by atoms with van der Waals surface area (Å²) in [5.74, 6) is 0.163. The smallest absolute Gasteiger partial charge is 0.220 e. The molecule has 19 heavy (non-hydrogen) atoms. The van der Waals surface area contributed by atoms with Crippen LogP contribution in [0.5, 0.6) is 0 Å².